The van der Waals surface area contributed by atoms with Crippen LogP contribution in [0.5, 0.6) is 5.75 Å². The van der Waals surface area contributed by atoms with Crippen LogP contribution in [-0.4, -0.2) is 29.0 Å². The fraction of sp³-hybridized carbons (Fsp3) is 0.211. The minimum atomic E-state index is -0.753. The van der Waals surface area contributed by atoms with Gasteiger partial charge >= 0.3 is 11.1 Å². The molecule has 2 aromatic carbocycles. The number of benzene rings is 2. The van der Waals surface area contributed by atoms with E-state index in [1.807, 2.05) is 32.0 Å². The second-order valence-corrected chi connectivity index (χ2v) is 6.04. The topological polar surface area (TPSA) is 104 Å². The minimum absolute atomic E-state index is 0.288. The van der Waals surface area contributed by atoms with Crippen molar-refractivity contribution in [2.75, 3.05) is 13.2 Å². The Morgan fingerprint density at radius 1 is 1.00 bits per heavy atom. The van der Waals surface area contributed by atoms with E-state index in [-0.39, 0.29) is 5.91 Å². The Bertz CT molecular complexity index is 1080. The van der Waals surface area contributed by atoms with Gasteiger partial charge in [0.1, 0.15) is 12.4 Å². The smallest absolute Gasteiger partial charge is 0.314 e. The lowest BCUT2D eigenvalue weighted by Gasteiger charge is -2.11. The minimum Gasteiger partial charge on any atom is -0.491 e. The van der Waals surface area contributed by atoms with Crippen molar-refractivity contribution in [3.05, 3.63) is 73.8 Å². The van der Waals surface area contributed by atoms with Gasteiger partial charge in [-0.2, -0.15) is 0 Å². The van der Waals surface area contributed by atoms with Crippen LogP contribution in [-0.2, 0) is 0 Å². The van der Waals surface area contributed by atoms with Crippen molar-refractivity contribution in [2.45, 2.75) is 13.8 Å². The van der Waals surface area contributed by atoms with Crippen LogP contribution >= 0.6 is 0 Å². The van der Waals surface area contributed by atoms with Gasteiger partial charge in [0, 0.05) is 5.56 Å². The number of aryl methyl sites for hydroxylation is 2. The molecule has 0 spiro atoms. The number of carbonyl (C=O) groups excluding carboxylic acids is 1. The molecule has 0 atom stereocenters. The highest BCUT2D eigenvalue weighted by Gasteiger charge is 2.08. The predicted molar refractivity (Wildman–Crippen MR) is 98.9 cm³/mol. The molecule has 3 rings (SSSR count). The molecule has 1 heterocycles. The maximum Gasteiger partial charge on any atom is 0.314 e. The van der Waals surface area contributed by atoms with Crippen molar-refractivity contribution < 1.29 is 9.53 Å². The SMILES string of the molecule is Cc1ccc(C)c(OCCNC(=O)c2ccc3[nH]c(=O)c(=O)[nH]c3c2)c1. The first-order chi connectivity index (χ1) is 12.4. The number of carbonyl (C=O) groups is 1. The molecule has 0 aliphatic heterocycles. The van der Waals surface area contributed by atoms with Gasteiger partial charge in [0.05, 0.1) is 17.6 Å². The maximum atomic E-state index is 12.2. The van der Waals surface area contributed by atoms with Gasteiger partial charge in [0.15, 0.2) is 0 Å². The van der Waals surface area contributed by atoms with Crippen molar-refractivity contribution in [3.8, 4) is 5.75 Å². The fourth-order valence-corrected chi connectivity index (χ4v) is 2.55. The van der Waals surface area contributed by atoms with E-state index < -0.39 is 11.1 Å². The van der Waals surface area contributed by atoms with Crippen molar-refractivity contribution in [2.24, 2.45) is 0 Å². The zero-order chi connectivity index (χ0) is 18.7. The number of hydrogen-bond donors (Lipinski definition) is 3. The second-order valence-electron chi connectivity index (χ2n) is 6.04. The average molecular weight is 353 g/mol. The summed E-state index contributed by atoms with van der Waals surface area (Å²) in [7, 11) is 0. The summed E-state index contributed by atoms with van der Waals surface area (Å²) in [5.74, 6) is 0.509. The average Bonchev–Trinajstić information content (AvgIpc) is 2.62. The van der Waals surface area contributed by atoms with Gasteiger partial charge < -0.3 is 20.0 Å². The molecule has 1 amide bonds. The zero-order valence-electron chi connectivity index (χ0n) is 14.5. The molecule has 7 heteroatoms. The molecular weight excluding hydrogens is 334 g/mol. The van der Waals surface area contributed by atoms with Gasteiger partial charge in [-0.3, -0.25) is 14.4 Å². The number of rotatable bonds is 5. The lowest BCUT2D eigenvalue weighted by Crippen LogP contribution is -2.30. The molecule has 7 nitrogen and oxygen atoms in total. The Kier molecular flexibility index (Phi) is 4.88. The summed E-state index contributed by atoms with van der Waals surface area (Å²) >= 11 is 0. The van der Waals surface area contributed by atoms with Crippen LogP contribution in [0.25, 0.3) is 11.0 Å². The number of H-pyrrole nitrogens is 2. The summed E-state index contributed by atoms with van der Waals surface area (Å²) in [5, 5.41) is 2.77. The number of ether oxygens (including phenoxy) is 1. The molecule has 0 radical (unpaired) electrons. The van der Waals surface area contributed by atoms with Crippen molar-refractivity contribution >= 4 is 16.9 Å². The summed E-state index contributed by atoms with van der Waals surface area (Å²) in [5.41, 5.74) is 1.91. The Morgan fingerprint density at radius 2 is 1.73 bits per heavy atom. The fourth-order valence-electron chi connectivity index (χ4n) is 2.55. The van der Waals surface area contributed by atoms with Crippen LogP contribution < -0.4 is 21.2 Å². The van der Waals surface area contributed by atoms with Gasteiger partial charge in [0.2, 0.25) is 0 Å². The van der Waals surface area contributed by atoms with Gasteiger partial charge in [0.25, 0.3) is 5.91 Å². The molecule has 0 aliphatic carbocycles. The van der Waals surface area contributed by atoms with Gasteiger partial charge in [-0.1, -0.05) is 12.1 Å². The molecule has 1 aromatic heterocycles. The standard InChI is InChI=1S/C19H19N3O4/c1-11-3-4-12(2)16(9-11)26-8-7-20-17(23)13-5-6-14-15(10-13)22-19(25)18(24)21-14/h3-6,9-10H,7-8H2,1-2H3,(H,20,23)(H,21,24)(H,22,25). The lowest BCUT2D eigenvalue weighted by molar-refractivity contribution is 0.0947. The number of aromatic amines is 2. The zero-order valence-corrected chi connectivity index (χ0v) is 14.5. The van der Waals surface area contributed by atoms with Crippen LogP contribution in [0.1, 0.15) is 21.5 Å². The first-order valence-corrected chi connectivity index (χ1v) is 8.18. The maximum absolute atomic E-state index is 12.2. The Morgan fingerprint density at radius 3 is 2.50 bits per heavy atom. The van der Waals surface area contributed by atoms with E-state index in [4.69, 9.17) is 4.74 Å². The summed E-state index contributed by atoms with van der Waals surface area (Å²) < 4.78 is 5.70. The Hall–Kier alpha value is -3.35. The molecule has 0 bridgehead atoms. The number of amides is 1. The molecule has 0 aliphatic rings. The molecule has 0 unspecified atom stereocenters. The molecule has 0 fully saturated rings. The number of nitrogens with one attached hydrogen (secondary N) is 3. The summed E-state index contributed by atoms with van der Waals surface area (Å²) in [6, 6.07) is 10.6. The predicted octanol–water partition coefficient (Wildman–Crippen LogP) is 1.64. The van der Waals surface area contributed by atoms with Crippen LogP contribution in [0.4, 0.5) is 0 Å². The molecular formula is C19H19N3O4. The van der Waals surface area contributed by atoms with E-state index in [1.54, 1.807) is 12.1 Å². The first kappa shape index (κ1) is 17.5. The highest BCUT2D eigenvalue weighted by atomic mass is 16.5. The molecule has 0 saturated heterocycles. The Labute approximate surface area is 149 Å². The van der Waals surface area contributed by atoms with E-state index in [0.717, 1.165) is 16.9 Å². The monoisotopic (exact) mass is 353 g/mol. The third kappa shape index (κ3) is 3.83. The van der Waals surface area contributed by atoms with Gasteiger partial charge in [-0.25, -0.2) is 0 Å². The van der Waals surface area contributed by atoms with E-state index in [0.29, 0.717) is 29.7 Å². The van der Waals surface area contributed by atoms with Crippen molar-refractivity contribution in [3.63, 3.8) is 0 Å². The number of fused-ring (bicyclic) bond motifs is 1. The van der Waals surface area contributed by atoms with Crippen LogP contribution in [0.15, 0.2) is 46.0 Å². The molecule has 26 heavy (non-hydrogen) atoms. The largest absolute Gasteiger partial charge is 0.491 e. The number of hydrogen-bond acceptors (Lipinski definition) is 4. The van der Waals surface area contributed by atoms with Gasteiger partial charge in [-0.15, -0.1) is 0 Å². The summed E-state index contributed by atoms with van der Waals surface area (Å²) in [6.07, 6.45) is 0. The molecule has 3 N–H and O–H groups in total. The second kappa shape index (κ2) is 7.26. The van der Waals surface area contributed by atoms with Gasteiger partial charge in [-0.05, 0) is 49.2 Å². The van der Waals surface area contributed by atoms with E-state index in [9.17, 15) is 14.4 Å². The molecule has 0 saturated carbocycles. The quantitative estimate of drug-likeness (QED) is 0.479. The Balaban J connectivity index is 1.62. The lowest BCUT2D eigenvalue weighted by atomic mass is 10.1. The highest BCUT2D eigenvalue weighted by molar-refractivity contribution is 5.97. The summed E-state index contributed by atoms with van der Waals surface area (Å²) in [4.78, 5) is 39.8. The molecule has 134 valence electrons. The van der Waals surface area contributed by atoms with E-state index in [1.165, 1.54) is 6.07 Å². The van der Waals surface area contributed by atoms with E-state index >= 15 is 0 Å². The normalized spacial score (nSPS) is 10.7. The van der Waals surface area contributed by atoms with Crippen molar-refractivity contribution in [1.82, 2.24) is 15.3 Å². The molecule has 3 aromatic rings. The van der Waals surface area contributed by atoms with Crippen LogP contribution in [0.2, 0.25) is 0 Å². The highest BCUT2D eigenvalue weighted by Crippen LogP contribution is 2.18. The van der Waals surface area contributed by atoms with Crippen molar-refractivity contribution in [1.29, 1.82) is 0 Å². The third-order valence-electron chi connectivity index (χ3n) is 3.97. The summed E-state index contributed by atoms with van der Waals surface area (Å²) in [6.45, 7) is 4.64. The first-order valence-electron chi connectivity index (χ1n) is 8.18. The third-order valence-corrected chi connectivity index (χ3v) is 3.97. The van der Waals surface area contributed by atoms with E-state index in [2.05, 4.69) is 15.3 Å². The van der Waals surface area contributed by atoms with Crippen LogP contribution in [0, 0.1) is 13.8 Å². The van der Waals surface area contributed by atoms with Crippen LogP contribution in [0.3, 0.4) is 0 Å². The number of aromatic nitrogens is 2.